The number of carbonyl (C=O) groups is 2. The lowest BCUT2D eigenvalue weighted by Crippen LogP contribution is -2.01. The zero-order valence-corrected chi connectivity index (χ0v) is 8.02. The van der Waals surface area contributed by atoms with Crippen molar-refractivity contribution in [2.45, 2.75) is 0 Å². The Bertz CT molecular complexity index is 379. The average Bonchev–Trinajstić information content (AvgIpc) is 2.22. The number of nitrogens with two attached hydrogens (primary N) is 1. The standard InChI is InChI=1S/C9H10N2O4/c1-11-7-3-9(15-5-13)8(14-4-12)2-6(7)10/h2-5,11H,10H2,1H3. The highest BCUT2D eigenvalue weighted by atomic mass is 16.6. The van der Waals surface area contributed by atoms with Crippen molar-refractivity contribution >= 4 is 24.3 Å². The van der Waals surface area contributed by atoms with Crippen LogP contribution in [0.3, 0.4) is 0 Å². The second kappa shape index (κ2) is 4.85. The molecule has 0 aromatic heterocycles. The lowest BCUT2D eigenvalue weighted by atomic mass is 10.2. The van der Waals surface area contributed by atoms with Crippen LogP contribution in [-0.4, -0.2) is 20.0 Å². The van der Waals surface area contributed by atoms with E-state index in [0.717, 1.165) is 0 Å². The molecule has 0 aliphatic rings. The Morgan fingerprint density at radius 1 is 1.20 bits per heavy atom. The maximum atomic E-state index is 10.2. The van der Waals surface area contributed by atoms with Gasteiger partial charge in [0.1, 0.15) is 0 Å². The summed E-state index contributed by atoms with van der Waals surface area (Å²) in [5.41, 5.74) is 6.58. The first-order valence-electron chi connectivity index (χ1n) is 4.04. The predicted molar refractivity (Wildman–Crippen MR) is 53.8 cm³/mol. The Morgan fingerprint density at radius 2 is 1.73 bits per heavy atom. The van der Waals surface area contributed by atoms with Crippen LogP contribution in [0.4, 0.5) is 11.4 Å². The van der Waals surface area contributed by atoms with E-state index in [9.17, 15) is 9.59 Å². The van der Waals surface area contributed by atoms with Crippen LogP contribution in [-0.2, 0) is 9.59 Å². The average molecular weight is 210 g/mol. The van der Waals surface area contributed by atoms with Crippen LogP contribution in [0.2, 0.25) is 0 Å². The van der Waals surface area contributed by atoms with Gasteiger partial charge < -0.3 is 20.5 Å². The molecule has 6 nitrogen and oxygen atoms in total. The SMILES string of the molecule is CNc1cc(OC=O)c(OC=O)cc1N. The third kappa shape index (κ3) is 2.37. The summed E-state index contributed by atoms with van der Waals surface area (Å²) in [7, 11) is 1.66. The minimum absolute atomic E-state index is 0.0913. The number of anilines is 2. The minimum atomic E-state index is 0.0913. The van der Waals surface area contributed by atoms with Crippen LogP contribution in [0, 0.1) is 0 Å². The van der Waals surface area contributed by atoms with Gasteiger partial charge in [0, 0.05) is 19.2 Å². The molecule has 0 fully saturated rings. The molecule has 1 rings (SSSR count). The molecule has 0 radical (unpaired) electrons. The molecular formula is C9H10N2O4. The van der Waals surface area contributed by atoms with E-state index in [1.165, 1.54) is 12.1 Å². The van der Waals surface area contributed by atoms with E-state index in [-0.39, 0.29) is 24.4 Å². The van der Waals surface area contributed by atoms with Crippen molar-refractivity contribution in [1.29, 1.82) is 0 Å². The Balaban J connectivity index is 3.17. The number of hydrogen-bond acceptors (Lipinski definition) is 6. The third-order valence-corrected chi connectivity index (χ3v) is 1.74. The van der Waals surface area contributed by atoms with Gasteiger partial charge in [0.2, 0.25) is 0 Å². The number of hydrogen-bond donors (Lipinski definition) is 2. The maximum absolute atomic E-state index is 10.2. The quantitative estimate of drug-likeness (QED) is 0.539. The van der Waals surface area contributed by atoms with Crippen molar-refractivity contribution in [3.8, 4) is 11.5 Å². The lowest BCUT2D eigenvalue weighted by molar-refractivity contribution is -0.123. The van der Waals surface area contributed by atoms with Crippen molar-refractivity contribution in [2.75, 3.05) is 18.1 Å². The van der Waals surface area contributed by atoms with Gasteiger partial charge >= 0.3 is 0 Å². The predicted octanol–water partition coefficient (Wildman–Crippen LogP) is 0.381. The number of carbonyl (C=O) groups excluding carboxylic acids is 2. The molecule has 80 valence electrons. The van der Waals surface area contributed by atoms with Crippen LogP contribution >= 0.6 is 0 Å². The first-order valence-corrected chi connectivity index (χ1v) is 4.04. The highest BCUT2D eigenvalue weighted by molar-refractivity contribution is 5.73. The first kappa shape index (κ1) is 10.8. The molecule has 6 heteroatoms. The molecule has 0 aliphatic carbocycles. The van der Waals surface area contributed by atoms with Crippen molar-refractivity contribution in [2.24, 2.45) is 0 Å². The molecular weight excluding hydrogens is 200 g/mol. The fourth-order valence-electron chi connectivity index (χ4n) is 1.08. The molecule has 3 N–H and O–H groups in total. The van der Waals surface area contributed by atoms with E-state index in [1.807, 2.05) is 0 Å². The number of nitrogens with one attached hydrogen (secondary N) is 1. The molecule has 1 aromatic rings. The van der Waals surface area contributed by atoms with E-state index >= 15 is 0 Å². The van der Waals surface area contributed by atoms with Gasteiger partial charge in [0.15, 0.2) is 11.5 Å². The zero-order chi connectivity index (χ0) is 11.3. The van der Waals surface area contributed by atoms with E-state index in [4.69, 9.17) is 5.73 Å². The van der Waals surface area contributed by atoms with Gasteiger partial charge in [-0.1, -0.05) is 0 Å². The molecule has 0 saturated carbocycles. The molecule has 0 amide bonds. The Labute approximate surface area is 86.0 Å². The smallest absolute Gasteiger partial charge is 0.298 e. The van der Waals surface area contributed by atoms with Crippen molar-refractivity contribution in [3.05, 3.63) is 12.1 Å². The first-order chi connectivity index (χ1) is 7.22. The topological polar surface area (TPSA) is 90.6 Å². The largest absolute Gasteiger partial charge is 0.425 e. The molecule has 0 spiro atoms. The zero-order valence-electron chi connectivity index (χ0n) is 8.02. The molecule has 0 aliphatic heterocycles. The summed E-state index contributed by atoms with van der Waals surface area (Å²) >= 11 is 0. The van der Waals surface area contributed by atoms with Crippen LogP contribution in [0.25, 0.3) is 0 Å². The van der Waals surface area contributed by atoms with E-state index < -0.39 is 0 Å². The van der Waals surface area contributed by atoms with Gasteiger partial charge in [-0.25, -0.2) is 0 Å². The Kier molecular flexibility index (Phi) is 3.50. The second-order valence-electron chi connectivity index (χ2n) is 2.56. The van der Waals surface area contributed by atoms with Crippen molar-refractivity contribution < 1.29 is 19.1 Å². The van der Waals surface area contributed by atoms with Gasteiger partial charge in [-0.3, -0.25) is 9.59 Å². The van der Waals surface area contributed by atoms with Gasteiger partial charge in [-0.15, -0.1) is 0 Å². The molecule has 0 unspecified atom stereocenters. The summed E-state index contributed by atoms with van der Waals surface area (Å²) in [6.45, 7) is 0.466. The molecule has 0 heterocycles. The third-order valence-electron chi connectivity index (χ3n) is 1.74. The van der Waals surface area contributed by atoms with E-state index in [0.29, 0.717) is 11.4 Å². The summed E-state index contributed by atoms with van der Waals surface area (Å²) in [5, 5.41) is 2.80. The lowest BCUT2D eigenvalue weighted by Gasteiger charge is -2.10. The van der Waals surface area contributed by atoms with Crippen LogP contribution in [0.15, 0.2) is 12.1 Å². The molecule has 0 bridgehead atoms. The highest BCUT2D eigenvalue weighted by Gasteiger charge is 2.09. The van der Waals surface area contributed by atoms with Crippen molar-refractivity contribution in [3.63, 3.8) is 0 Å². The highest BCUT2D eigenvalue weighted by Crippen LogP contribution is 2.34. The summed E-state index contributed by atoms with van der Waals surface area (Å²) in [4.78, 5) is 20.4. The Morgan fingerprint density at radius 3 is 2.20 bits per heavy atom. The number of rotatable bonds is 5. The summed E-state index contributed by atoms with van der Waals surface area (Å²) in [6.07, 6.45) is 0. The Hall–Kier alpha value is -2.24. The summed E-state index contributed by atoms with van der Waals surface area (Å²) in [5.74, 6) is 0.212. The summed E-state index contributed by atoms with van der Waals surface area (Å²) < 4.78 is 9.22. The summed E-state index contributed by atoms with van der Waals surface area (Å²) in [6, 6.07) is 2.85. The van der Waals surface area contributed by atoms with Gasteiger partial charge in [0.25, 0.3) is 12.9 Å². The van der Waals surface area contributed by atoms with E-state index in [1.54, 1.807) is 7.05 Å². The van der Waals surface area contributed by atoms with E-state index in [2.05, 4.69) is 14.8 Å². The molecule has 15 heavy (non-hydrogen) atoms. The van der Waals surface area contributed by atoms with Crippen LogP contribution in [0.5, 0.6) is 11.5 Å². The van der Waals surface area contributed by atoms with Gasteiger partial charge in [-0.05, 0) is 0 Å². The normalized spacial score (nSPS) is 9.13. The van der Waals surface area contributed by atoms with Gasteiger partial charge in [0.05, 0.1) is 11.4 Å². The number of benzene rings is 1. The number of ether oxygens (including phenoxy) is 2. The molecule has 1 aromatic carbocycles. The monoisotopic (exact) mass is 210 g/mol. The number of nitrogen functional groups attached to an aromatic ring is 1. The fourth-order valence-corrected chi connectivity index (χ4v) is 1.08. The second-order valence-corrected chi connectivity index (χ2v) is 2.56. The van der Waals surface area contributed by atoms with Crippen molar-refractivity contribution in [1.82, 2.24) is 0 Å². The van der Waals surface area contributed by atoms with Gasteiger partial charge in [-0.2, -0.15) is 0 Å². The van der Waals surface area contributed by atoms with Crippen LogP contribution in [0.1, 0.15) is 0 Å². The minimum Gasteiger partial charge on any atom is -0.425 e. The fraction of sp³-hybridized carbons (Fsp3) is 0.111. The maximum Gasteiger partial charge on any atom is 0.298 e. The molecule has 0 atom stereocenters. The molecule has 0 saturated heterocycles. The van der Waals surface area contributed by atoms with Crippen LogP contribution < -0.4 is 20.5 Å².